The van der Waals surface area contributed by atoms with E-state index in [9.17, 15) is 9.59 Å². The van der Waals surface area contributed by atoms with Gasteiger partial charge in [0.2, 0.25) is 5.91 Å². The molecule has 0 saturated carbocycles. The average molecular weight is 388 g/mol. The third kappa shape index (κ3) is 4.17. The lowest BCUT2D eigenvalue weighted by Crippen LogP contribution is -2.37. The first-order chi connectivity index (χ1) is 9.56. The summed E-state index contributed by atoms with van der Waals surface area (Å²) >= 11 is 2.17. The summed E-state index contributed by atoms with van der Waals surface area (Å²) < 4.78 is 0.988. The highest BCUT2D eigenvalue weighted by Gasteiger charge is 2.28. The molecule has 20 heavy (non-hydrogen) atoms. The molecule has 1 heterocycles. The molecule has 2 rings (SSSR count). The van der Waals surface area contributed by atoms with Gasteiger partial charge in [-0.25, -0.2) is 0 Å². The van der Waals surface area contributed by atoms with Gasteiger partial charge in [-0.3, -0.25) is 14.5 Å². The fourth-order valence-electron chi connectivity index (χ4n) is 2.47. The normalized spacial score (nSPS) is 18.9. The third-order valence-electron chi connectivity index (χ3n) is 3.40. The fourth-order valence-corrected chi connectivity index (χ4v) is 3.00. The Morgan fingerprint density at radius 3 is 2.85 bits per heavy atom. The molecule has 0 spiro atoms. The molecule has 0 radical (unpaired) electrons. The van der Waals surface area contributed by atoms with Gasteiger partial charge in [0.05, 0.1) is 18.7 Å². The Kier molecular flexibility index (Phi) is 5.36. The van der Waals surface area contributed by atoms with Crippen LogP contribution in [0.1, 0.15) is 19.3 Å². The lowest BCUT2D eigenvalue weighted by atomic mass is 10.1. The number of nitrogens with one attached hydrogen (secondary N) is 1. The topological polar surface area (TPSA) is 69.6 Å². The van der Waals surface area contributed by atoms with Gasteiger partial charge in [0.1, 0.15) is 0 Å². The number of anilines is 1. The quantitative estimate of drug-likeness (QED) is 0.759. The molecule has 1 aliphatic heterocycles. The number of halogens is 1. The van der Waals surface area contributed by atoms with E-state index < -0.39 is 5.97 Å². The van der Waals surface area contributed by atoms with Crippen molar-refractivity contribution in [1.29, 1.82) is 0 Å². The number of likely N-dealkylation sites (tertiary alicyclic amines) is 1. The molecule has 2 N–H and O–H groups in total. The van der Waals surface area contributed by atoms with E-state index in [-0.39, 0.29) is 24.9 Å². The van der Waals surface area contributed by atoms with Crippen LogP contribution >= 0.6 is 22.6 Å². The largest absolute Gasteiger partial charge is 0.481 e. The van der Waals surface area contributed by atoms with Gasteiger partial charge in [0, 0.05) is 9.61 Å². The van der Waals surface area contributed by atoms with E-state index in [1.165, 1.54) is 0 Å². The van der Waals surface area contributed by atoms with Crippen LogP contribution in [0.4, 0.5) is 5.69 Å². The average Bonchev–Trinajstić information content (AvgIpc) is 2.78. The molecule has 6 heteroatoms. The Morgan fingerprint density at radius 2 is 2.15 bits per heavy atom. The summed E-state index contributed by atoms with van der Waals surface area (Å²) in [5.74, 6) is -0.897. The van der Waals surface area contributed by atoms with Gasteiger partial charge in [0.25, 0.3) is 0 Å². The summed E-state index contributed by atoms with van der Waals surface area (Å²) in [6.07, 6.45) is 1.91. The summed E-state index contributed by atoms with van der Waals surface area (Å²) in [4.78, 5) is 24.8. The highest BCUT2D eigenvalue weighted by molar-refractivity contribution is 14.1. The molecule has 5 nitrogen and oxygen atoms in total. The van der Waals surface area contributed by atoms with E-state index in [0.717, 1.165) is 28.6 Å². The van der Waals surface area contributed by atoms with Crippen molar-refractivity contribution in [2.45, 2.75) is 25.3 Å². The Hall–Kier alpha value is -1.15. The van der Waals surface area contributed by atoms with Gasteiger partial charge in [-0.05, 0) is 54.1 Å². The third-order valence-corrected chi connectivity index (χ3v) is 4.34. The number of aliphatic carboxylic acids is 1. The lowest BCUT2D eigenvalue weighted by Gasteiger charge is -2.22. The molecule has 1 unspecified atom stereocenters. The molecule has 0 aromatic heterocycles. The van der Waals surface area contributed by atoms with E-state index in [0.29, 0.717) is 0 Å². The number of benzene rings is 1. The molecular weight excluding hydrogens is 371 g/mol. The number of carbonyl (C=O) groups is 2. The first kappa shape index (κ1) is 15.2. The highest BCUT2D eigenvalue weighted by Crippen LogP contribution is 2.21. The molecule has 1 atom stereocenters. The summed E-state index contributed by atoms with van der Waals surface area (Å²) in [6, 6.07) is 7.56. The number of carboxylic acid groups (broad SMARTS) is 1. The van der Waals surface area contributed by atoms with E-state index in [4.69, 9.17) is 5.11 Å². The molecule has 1 aromatic carbocycles. The predicted octanol–water partition coefficient (Wildman–Crippen LogP) is 2.17. The van der Waals surface area contributed by atoms with Gasteiger partial charge in [-0.1, -0.05) is 12.1 Å². The molecule has 0 aliphatic carbocycles. The minimum absolute atomic E-state index is 0.0203. The zero-order valence-electron chi connectivity index (χ0n) is 11.0. The second-order valence-electron chi connectivity index (χ2n) is 4.89. The first-order valence-corrected chi connectivity index (χ1v) is 7.64. The number of hydrogen-bond donors (Lipinski definition) is 2. The second-order valence-corrected chi connectivity index (χ2v) is 6.05. The second kappa shape index (κ2) is 7.03. The zero-order chi connectivity index (χ0) is 14.5. The molecule has 1 fully saturated rings. The Labute approximate surface area is 131 Å². The molecule has 108 valence electrons. The van der Waals surface area contributed by atoms with Crippen LogP contribution in [0.15, 0.2) is 24.3 Å². The maximum Gasteiger partial charge on any atom is 0.304 e. The summed E-state index contributed by atoms with van der Waals surface area (Å²) in [5, 5.41) is 11.7. The first-order valence-electron chi connectivity index (χ1n) is 6.56. The summed E-state index contributed by atoms with van der Waals surface area (Å²) in [7, 11) is 0. The van der Waals surface area contributed by atoms with Gasteiger partial charge in [-0.2, -0.15) is 0 Å². The fraction of sp³-hybridized carbons (Fsp3) is 0.429. The summed E-state index contributed by atoms with van der Waals surface area (Å²) in [6.45, 7) is 1.04. The van der Waals surface area contributed by atoms with Gasteiger partial charge in [-0.15, -0.1) is 0 Å². The van der Waals surface area contributed by atoms with Crippen molar-refractivity contribution in [2.24, 2.45) is 0 Å². The van der Waals surface area contributed by atoms with Gasteiger partial charge in [0.15, 0.2) is 0 Å². The van der Waals surface area contributed by atoms with Crippen LogP contribution in [0, 0.1) is 3.57 Å². The SMILES string of the molecule is O=C(O)CC1CCCN1CC(=O)Nc1ccccc1I. The smallest absolute Gasteiger partial charge is 0.304 e. The van der Waals surface area contributed by atoms with Gasteiger partial charge >= 0.3 is 5.97 Å². The molecule has 0 bridgehead atoms. The number of rotatable bonds is 5. The van der Waals surface area contributed by atoms with E-state index >= 15 is 0 Å². The van der Waals surface area contributed by atoms with E-state index in [2.05, 4.69) is 27.9 Å². The van der Waals surface area contributed by atoms with E-state index in [1.807, 2.05) is 29.2 Å². The van der Waals surface area contributed by atoms with Gasteiger partial charge < -0.3 is 10.4 Å². The van der Waals surface area contributed by atoms with Crippen molar-refractivity contribution in [2.75, 3.05) is 18.4 Å². The van der Waals surface area contributed by atoms with Crippen LogP contribution in [-0.2, 0) is 9.59 Å². The van der Waals surface area contributed by atoms with Crippen LogP contribution < -0.4 is 5.32 Å². The monoisotopic (exact) mass is 388 g/mol. The zero-order valence-corrected chi connectivity index (χ0v) is 13.2. The highest BCUT2D eigenvalue weighted by atomic mass is 127. The molecular formula is C14H17IN2O3. The number of nitrogens with zero attached hydrogens (tertiary/aromatic N) is 1. The minimum atomic E-state index is -0.806. The van der Waals surface area contributed by atoms with Crippen molar-refractivity contribution in [3.05, 3.63) is 27.8 Å². The Balaban J connectivity index is 1.91. The maximum absolute atomic E-state index is 12.0. The van der Waals surface area contributed by atoms with Crippen LogP contribution in [0.2, 0.25) is 0 Å². The molecule has 1 saturated heterocycles. The maximum atomic E-state index is 12.0. The van der Waals surface area contributed by atoms with Crippen LogP contribution in [-0.4, -0.2) is 41.0 Å². The molecule has 1 aliphatic rings. The summed E-state index contributed by atoms with van der Waals surface area (Å²) in [5.41, 5.74) is 0.798. The molecule has 1 amide bonds. The Morgan fingerprint density at radius 1 is 1.40 bits per heavy atom. The van der Waals surface area contributed by atoms with Crippen LogP contribution in [0.3, 0.4) is 0 Å². The number of amides is 1. The number of carboxylic acids is 1. The lowest BCUT2D eigenvalue weighted by molar-refractivity contribution is -0.138. The van der Waals surface area contributed by atoms with Crippen molar-refractivity contribution >= 4 is 40.2 Å². The standard InChI is InChI=1S/C14H17IN2O3/c15-11-5-1-2-6-12(11)16-13(18)9-17-7-3-4-10(17)8-14(19)20/h1-2,5-6,10H,3-4,7-9H2,(H,16,18)(H,19,20). The van der Waals surface area contributed by atoms with E-state index in [1.54, 1.807) is 0 Å². The number of hydrogen-bond acceptors (Lipinski definition) is 3. The van der Waals surface area contributed by atoms with Crippen molar-refractivity contribution in [1.82, 2.24) is 4.90 Å². The number of carbonyl (C=O) groups excluding carboxylic acids is 1. The van der Waals surface area contributed by atoms with Crippen molar-refractivity contribution in [3.8, 4) is 0 Å². The number of para-hydroxylation sites is 1. The van der Waals surface area contributed by atoms with Crippen LogP contribution in [0.25, 0.3) is 0 Å². The minimum Gasteiger partial charge on any atom is -0.481 e. The van der Waals surface area contributed by atoms with Crippen LogP contribution in [0.5, 0.6) is 0 Å². The molecule has 1 aromatic rings. The van der Waals surface area contributed by atoms with Crippen molar-refractivity contribution in [3.63, 3.8) is 0 Å². The Bertz CT molecular complexity index is 507. The van der Waals surface area contributed by atoms with Crippen molar-refractivity contribution < 1.29 is 14.7 Å². The predicted molar refractivity (Wildman–Crippen MR) is 84.6 cm³/mol.